The van der Waals surface area contributed by atoms with Gasteiger partial charge in [0.1, 0.15) is 0 Å². The Labute approximate surface area is 155 Å². The molecule has 0 radical (unpaired) electrons. The van der Waals surface area contributed by atoms with Gasteiger partial charge in [-0.15, -0.1) is 11.3 Å². The summed E-state index contributed by atoms with van der Waals surface area (Å²) in [6, 6.07) is 7.86. The molecule has 0 spiro atoms. The van der Waals surface area contributed by atoms with Crippen molar-refractivity contribution in [1.82, 2.24) is 9.62 Å². The molecule has 2 rings (SSSR count). The molecule has 0 saturated heterocycles. The molecular weight excluding hydrogens is 391 g/mol. The summed E-state index contributed by atoms with van der Waals surface area (Å²) >= 11 is 13.2. The van der Waals surface area contributed by atoms with E-state index in [0.29, 0.717) is 6.54 Å². The van der Waals surface area contributed by atoms with Gasteiger partial charge >= 0.3 is 0 Å². The molecule has 0 unspecified atom stereocenters. The third-order valence-corrected chi connectivity index (χ3v) is 6.77. The van der Waals surface area contributed by atoms with E-state index in [4.69, 9.17) is 23.2 Å². The van der Waals surface area contributed by atoms with E-state index >= 15 is 0 Å². The van der Waals surface area contributed by atoms with Gasteiger partial charge in [-0.2, -0.15) is 4.31 Å². The molecule has 0 fully saturated rings. The highest BCUT2D eigenvalue weighted by atomic mass is 35.5. The van der Waals surface area contributed by atoms with Crippen LogP contribution in [0.2, 0.25) is 10.0 Å². The second kappa shape index (κ2) is 8.31. The monoisotopic (exact) mass is 406 g/mol. The molecule has 1 heterocycles. The Kier molecular flexibility index (Phi) is 6.65. The van der Waals surface area contributed by atoms with Crippen molar-refractivity contribution in [1.29, 1.82) is 0 Å². The number of carbonyl (C=O) groups is 1. The number of sulfonamides is 1. The number of likely N-dealkylation sites (N-methyl/N-ethyl adjacent to an activating group) is 1. The van der Waals surface area contributed by atoms with Crippen LogP contribution in [0.15, 0.2) is 40.6 Å². The highest BCUT2D eigenvalue weighted by Gasteiger charge is 2.25. The fraction of sp³-hybridized carbons (Fsp3) is 0.267. The maximum Gasteiger partial charge on any atom is 0.243 e. The van der Waals surface area contributed by atoms with Crippen molar-refractivity contribution in [3.05, 3.63) is 50.6 Å². The third kappa shape index (κ3) is 4.70. The van der Waals surface area contributed by atoms with E-state index in [9.17, 15) is 13.2 Å². The second-order valence-electron chi connectivity index (χ2n) is 4.86. The first-order valence-electron chi connectivity index (χ1n) is 7.09. The van der Waals surface area contributed by atoms with E-state index in [1.165, 1.54) is 29.5 Å². The van der Waals surface area contributed by atoms with Crippen molar-refractivity contribution in [3.63, 3.8) is 0 Å². The average molecular weight is 407 g/mol. The molecule has 5 nitrogen and oxygen atoms in total. The Balaban J connectivity index is 2.08. The summed E-state index contributed by atoms with van der Waals surface area (Å²) < 4.78 is 26.4. The number of hydrogen-bond donors (Lipinski definition) is 1. The van der Waals surface area contributed by atoms with Gasteiger partial charge in [0.15, 0.2) is 0 Å². The lowest BCUT2D eigenvalue weighted by Gasteiger charge is -2.20. The van der Waals surface area contributed by atoms with Crippen molar-refractivity contribution < 1.29 is 13.2 Å². The number of thiophene rings is 1. The average Bonchev–Trinajstić information content (AvgIpc) is 3.06. The lowest BCUT2D eigenvalue weighted by atomic mass is 10.4. The van der Waals surface area contributed by atoms with Crippen molar-refractivity contribution >= 4 is 50.5 Å². The first kappa shape index (κ1) is 19.2. The molecule has 1 aromatic carbocycles. The Morgan fingerprint density at radius 1 is 1.25 bits per heavy atom. The lowest BCUT2D eigenvalue weighted by Crippen LogP contribution is -2.40. The largest absolute Gasteiger partial charge is 0.350 e. The minimum absolute atomic E-state index is 0.00445. The molecule has 0 aliphatic rings. The molecule has 0 aliphatic carbocycles. The highest BCUT2D eigenvalue weighted by Crippen LogP contribution is 2.26. The van der Waals surface area contributed by atoms with Crippen LogP contribution in [0.4, 0.5) is 0 Å². The molecule has 1 amide bonds. The minimum Gasteiger partial charge on any atom is -0.350 e. The summed E-state index contributed by atoms with van der Waals surface area (Å²) in [5.41, 5.74) is 0. The number of rotatable bonds is 7. The maximum absolute atomic E-state index is 12.6. The van der Waals surface area contributed by atoms with Gasteiger partial charge in [-0.25, -0.2) is 8.42 Å². The SMILES string of the molecule is CCN(CC(=O)NCc1cccs1)S(=O)(=O)c1ccc(Cl)c(Cl)c1. The molecule has 24 heavy (non-hydrogen) atoms. The van der Waals surface area contributed by atoms with Crippen LogP contribution < -0.4 is 5.32 Å². The summed E-state index contributed by atoms with van der Waals surface area (Å²) in [6.45, 7) is 1.95. The first-order valence-corrected chi connectivity index (χ1v) is 10.2. The first-order chi connectivity index (χ1) is 11.3. The normalized spacial score (nSPS) is 11.7. The molecule has 1 aromatic heterocycles. The Hall–Kier alpha value is -1.12. The molecule has 2 aromatic rings. The molecule has 130 valence electrons. The van der Waals surface area contributed by atoms with Crippen molar-refractivity contribution in [2.24, 2.45) is 0 Å². The Bertz CT molecular complexity index is 808. The van der Waals surface area contributed by atoms with Crippen LogP contribution >= 0.6 is 34.5 Å². The van der Waals surface area contributed by atoms with E-state index in [1.54, 1.807) is 6.92 Å². The van der Waals surface area contributed by atoms with Crippen LogP contribution in [-0.2, 0) is 21.4 Å². The number of amides is 1. The second-order valence-corrected chi connectivity index (χ2v) is 8.65. The maximum atomic E-state index is 12.6. The zero-order valence-electron chi connectivity index (χ0n) is 12.8. The van der Waals surface area contributed by atoms with E-state index in [1.807, 2.05) is 17.5 Å². The van der Waals surface area contributed by atoms with Crippen LogP contribution in [0.5, 0.6) is 0 Å². The quantitative estimate of drug-likeness (QED) is 0.765. The van der Waals surface area contributed by atoms with Crippen LogP contribution in [0.25, 0.3) is 0 Å². The molecule has 0 atom stereocenters. The van der Waals surface area contributed by atoms with Crippen LogP contribution in [-0.4, -0.2) is 31.7 Å². The molecule has 0 saturated carbocycles. The summed E-state index contributed by atoms with van der Waals surface area (Å²) in [6.07, 6.45) is 0. The minimum atomic E-state index is -3.83. The van der Waals surface area contributed by atoms with E-state index in [2.05, 4.69) is 5.32 Å². The van der Waals surface area contributed by atoms with Gasteiger partial charge in [0.2, 0.25) is 15.9 Å². The highest BCUT2D eigenvalue weighted by molar-refractivity contribution is 7.89. The van der Waals surface area contributed by atoms with Gasteiger partial charge in [0, 0.05) is 11.4 Å². The standard InChI is InChI=1S/C15H16Cl2N2O3S2/c1-2-19(10-15(20)18-9-11-4-3-7-23-11)24(21,22)12-5-6-13(16)14(17)8-12/h3-8H,2,9-10H2,1H3,(H,18,20). The zero-order chi connectivity index (χ0) is 17.7. The van der Waals surface area contributed by atoms with Gasteiger partial charge in [0.25, 0.3) is 0 Å². The fourth-order valence-corrected chi connectivity index (χ4v) is 4.41. The Morgan fingerprint density at radius 3 is 2.58 bits per heavy atom. The van der Waals surface area contributed by atoms with E-state index in [0.717, 1.165) is 9.18 Å². The van der Waals surface area contributed by atoms with E-state index < -0.39 is 10.0 Å². The van der Waals surface area contributed by atoms with Crippen LogP contribution in [0.1, 0.15) is 11.8 Å². The van der Waals surface area contributed by atoms with Gasteiger partial charge in [-0.3, -0.25) is 4.79 Å². The zero-order valence-corrected chi connectivity index (χ0v) is 16.0. The molecular formula is C15H16Cl2N2O3S2. The third-order valence-electron chi connectivity index (χ3n) is 3.24. The van der Waals surface area contributed by atoms with Gasteiger partial charge in [-0.1, -0.05) is 36.2 Å². The van der Waals surface area contributed by atoms with Gasteiger partial charge in [-0.05, 0) is 29.6 Å². The topological polar surface area (TPSA) is 66.5 Å². The number of nitrogens with zero attached hydrogens (tertiary/aromatic N) is 1. The van der Waals surface area contributed by atoms with Crippen molar-refractivity contribution in [2.45, 2.75) is 18.4 Å². The molecule has 1 N–H and O–H groups in total. The number of halogens is 2. The van der Waals surface area contributed by atoms with Gasteiger partial charge in [0.05, 0.1) is 28.0 Å². The number of hydrogen-bond acceptors (Lipinski definition) is 4. The van der Waals surface area contributed by atoms with Crippen molar-refractivity contribution in [3.8, 4) is 0 Å². The number of benzene rings is 1. The summed E-state index contributed by atoms with van der Waals surface area (Å²) in [5.74, 6) is -0.367. The molecule has 0 aliphatic heterocycles. The predicted molar refractivity (Wildman–Crippen MR) is 97.1 cm³/mol. The smallest absolute Gasteiger partial charge is 0.243 e. The Morgan fingerprint density at radius 2 is 2.00 bits per heavy atom. The summed E-state index contributed by atoms with van der Waals surface area (Å²) in [5, 5.41) is 5.04. The molecule has 0 bridgehead atoms. The van der Waals surface area contributed by atoms with Crippen molar-refractivity contribution in [2.75, 3.05) is 13.1 Å². The van der Waals surface area contributed by atoms with Crippen LogP contribution in [0, 0.1) is 0 Å². The summed E-state index contributed by atoms with van der Waals surface area (Å²) in [4.78, 5) is 13.1. The van der Waals surface area contributed by atoms with Crippen LogP contribution in [0.3, 0.4) is 0 Å². The fourth-order valence-electron chi connectivity index (χ4n) is 1.97. The number of carbonyl (C=O) groups excluding carboxylic acids is 1. The van der Waals surface area contributed by atoms with Gasteiger partial charge < -0.3 is 5.32 Å². The number of nitrogens with one attached hydrogen (secondary N) is 1. The summed E-state index contributed by atoms with van der Waals surface area (Å²) in [7, 11) is -3.83. The predicted octanol–water partition coefficient (Wildman–Crippen LogP) is 3.38. The van der Waals surface area contributed by atoms with E-state index in [-0.39, 0.29) is 33.9 Å². The molecule has 9 heteroatoms. The lowest BCUT2D eigenvalue weighted by molar-refractivity contribution is -0.121.